The molecule has 2 aromatic rings. The van der Waals surface area contributed by atoms with E-state index in [9.17, 15) is 14.4 Å². The molecule has 2 aromatic carbocycles. The van der Waals surface area contributed by atoms with Crippen LogP contribution in [-0.2, 0) is 15.1 Å². The first-order valence-electron chi connectivity index (χ1n) is 9.58. The number of urea groups is 1. The van der Waals surface area contributed by atoms with Crippen molar-refractivity contribution in [2.75, 3.05) is 13.7 Å². The van der Waals surface area contributed by atoms with Gasteiger partial charge in [-0.05, 0) is 42.2 Å². The monoisotopic (exact) mass is 411 g/mol. The normalized spacial score (nSPS) is 18.4. The van der Waals surface area contributed by atoms with Crippen molar-refractivity contribution in [2.24, 2.45) is 0 Å². The Morgan fingerprint density at radius 1 is 1.17 bits per heavy atom. The Morgan fingerprint density at radius 2 is 1.90 bits per heavy atom. The molecular formula is C22H25N3O5. The van der Waals surface area contributed by atoms with Crippen LogP contribution in [0.2, 0.25) is 0 Å². The van der Waals surface area contributed by atoms with E-state index in [-0.39, 0.29) is 12.5 Å². The summed E-state index contributed by atoms with van der Waals surface area (Å²) in [5.74, 6) is 0.138. The average Bonchev–Trinajstić information content (AvgIpc) is 2.96. The van der Waals surface area contributed by atoms with E-state index in [1.807, 2.05) is 32.0 Å². The maximum Gasteiger partial charge on any atom is 0.344 e. The molecule has 8 heteroatoms. The molecule has 8 nitrogen and oxygen atoms in total. The summed E-state index contributed by atoms with van der Waals surface area (Å²) >= 11 is 0. The van der Waals surface area contributed by atoms with E-state index in [0.29, 0.717) is 22.1 Å². The predicted octanol–water partition coefficient (Wildman–Crippen LogP) is 2.70. The Bertz CT molecular complexity index is 975. The fourth-order valence-corrected chi connectivity index (χ4v) is 3.26. The molecule has 1 atom stereocenters. The lowest BCUT2D eigenvalue weighted by molar-refractivity contribution is -0.139. The van der Waals surface area contributed by atoms with Crippen LogP contribution in [0.4, 0.5) is 4.79 Å². The lowest BCUT2D eigenvalue weighted by Gasteiger charge is -2.22. The average molecular weight is 411 g/mol. The lowest BCUT2D eigenvalue weighted by Crippen LogP contribution is -2.49. The van der Waals surface area contributed by atoms with Gasteiger partial charge in [0.2, 0.25) is 0 Å². The molecule has 2 N–H and O–H groups in total. The van der Waals surface area contributed by atoms with Crippen LogP contribution in [0.15, 0.2) is 48.5 Å². The number of nitrogens with one attached hydrogen (secondary N) is 2. The SMILES string of the molecule is COc1cccc([C@@]2(C)NC(=O)N(NC(=O)COc3ccccc3C(C)C)C2=O)c1. The number of amides is 4. The van der Waals surface area contributed by atoms with E-state index < -0.39 is 23.4 Å². The summed E-state index contributed by atoms with van der Waals surface area (Å²) in [4.78, 5) is 37.7. The quantitative estimate of drug-likeness (QED) is 0.683. The molecule has 1 saturated heterocycles. The minimum absolute atomic E-state index is 0.221. The number of hydrazine groups is 1. The van der Waals surface area contributed by atoms with Gasteiger partial charge in [-0.2, -0.15) is 5.01 Å². The number of para-hydroxylation sites is 1. The van der Waals surface area contributed by atoms with Gasteiger partial charge in [-0.1, -0.05) is 44.2 Å². The third-order valence-electron chi connectivity index (χ3n) is 4.97. The van der Waals surface area contributed by atoms with Gasteiger partial charge in [0.05, 0.1) is 7.11 Å². The number of nitrogens with zero attached hydrogens (tertiary/aromatic N) is 1. The second-order valence-electron chi connectivity index (χ2n) is 7.44. The van der Waals surface area contributed by atoms with Gasteiger partial charge >= 0.3 is 6.03 Å². The maximum absolute atomic E-state index is 12.9. The van der Waals surface area contributed by atoms with Gasteiger partial charge < -0.3 is 14.8 Å². The minimum atomic E-state index is -1.33. The summed E-state index contributed by atoms with van der Waals surface area (Å²) in [5, 5.41) is 3.31. The molecule has 30 heavy (non-hydrogen) atoms. The topological polar surface area (TPSA) is 97.0 Å². The van der Waals surface area contributed by atoms with Crippen LogP contribution >= 0.6 is 0 Å². The minimum Gasteiger partial charge on any atom is -0.497 e. The second-order valence-corrected chi connectivity index (χ2v) is 7.44. The lowest BCUT2D eigenvalue weighted by atomic mass is 9.92. The summed E-state index contributed by atoms with van der Waals surface area (Å²) in [7, 11) is 1.51. The van der Waals surface area contributed by atoms with E-state index >= 15 is 0 Å². The van der Waals surface area contributed by atoms with Gasteiger partial charge in [-0.15, -0.1) is 0 Å². The standard InChI is InChI=1S/C22H25N3O5/c1-14(2)17-10-5-6-11-18(17)30-13-19(26)24-25-20(27)22(3,23-21(25)28)15-8-7-9-16(12-15)29-4/h5-12,14H,13H2,1-4H3,(H,23,28)(H,24,26)/t22-/m1/s1. The zero-order valence-electron chi connectivity index (χ0n) is 17.4. The van der Waals surface area contributed by atoms with Crippen molar-refractivity contribution < 1.29 is 23.9 Å². The predicted molar refractivity (Wildman–Crippen MR) is 110 cm³/mol. The van der Waals surface area contributed by atoms with E-state index in [2.05, 4.69) is 10.7 Å². The molecule has 4 amide bonds. The highest BCUT2D eigenvalue weighted by molar-refractivity contribution is 6.08. The Balaban J connectivity index is 1.69. The van der Waals surface area contributed by atoms with Gasteiger partial charge in [0.15, 0.2) is 6.61 Å². The Labute approximate surface area is 175 Å². The molecule has 3 rings (SSSR count). The molecule has 1 aliphatic rings. The molecule has 0 saturated carbocycles. The summed E-state index contributed by atoms with van der Waals surface area (Å²) < 4.78 is 10.8. The number of imide groups is 1. The van der Waals surface area contributed by atoms with E-state index in [1.165, 1.54) is 7.11 Å². The number of carbonyl (C=O) groups excluding carboxylic acids is 3. The molecule has 0 radical (unpaired) electrons. The van der Waals surface area contributed by atoms with Crippen molar-refractivity contribution in [1.29, 1.82) is 0 Å². The summed E-state index contributed by atoms with van der Waals surface area (Å²) in [5.41, 5.74) is 2.50. The Morgan fingerprint density at radius 3 is 2.60 bits per heavy atom. The van der Waals surface area contributed by atoms with Crippen LogP contribution in [0.1, 0.15) is 37.8 Å². The third kappa shape index (κ3) is 4.07. The van der Waals surface area contributed by atoms with E-state index in [0.717, 1.165) is 5.56 Å². The summed E-state index contributed by atoms with van der Waals surface area (Å²) in [6.07, 6.45) is 0. The van der Waals surface area contributed by atoms with Crippen LogP contribution in [0.5, 0.6) is 11.5 Å². The van der Waals surface area contributed by atoms with Crippen molar-refractivity contribution >= 4 is 17.8 Å². The number of hydrogen-bond donors (Lipinski definition) is 2. The Hall–Kier alpha value is -3.55. The molecule has 158 valence electrons. The van der Waals surface area contributed by atoms with Crippen molar-refractivity contribution in [1.82, 2.24) is 15.8 Å². The van der Waals surface area contributed by atoms with E-state index in [1.54, 1.807) is 37.3 Å². The van der Waals surface area contributed by atoms with Gasteiger partial charge in [0.1, 0.15) is 17.0 Å². The largest absolute Gasteiger partial charge is 0.497 e. The highest BCUT2D eigenvalue weighted by Crippen LogP contribution is 2.30. The van der Waals surface area contributed by atoms with Crippen molar-refractivity contribution in [3.8, 4) is 11.5 Å². The summed E-state index contributed by atoms with van der Waals surface area (Å²) in [6.45, 7) is 5.28. The van der Waals surface area contributed by atoms with Gasteiger partial charge in [0, 0.05) is 0 Å². The van der Waals surface area contributed by atoms with Crippen molar-refractivity contribution in [3.63, 3.8) is 0 Å². The molecule has 1 aliphatic heterocycles. The van der Waals surface area contributed by atoms with Crippen LogP contribution in [0.3, 0.4) is 0 Å². The van der Waals surface area contributed by atoms with Crippen LogP contribution < -0.4 is 20.2 Å². The first-order valence-corrected chi connectivity index (χ1v) is 9.58. The van der Waals surface area contributed by atoms with E-state index in [4.69, 9.17) is 9.47 Å². The fraction of sp³-hybridized carbons (Fsp3) is 0.318. The molecule has 1 fully saturated rings. The van der Waals surface area contributed by atoms with Crippen LogP contribution in [0.25, 0.3) is 0 Å². The van der Waals surface area contributed by atoms with Crippen molar-refractivity contribution in [2.45, 2.75) is 32.2 Å². The molecule has 0 bridgehead atoms. The highest BCUT2D eigenvalue weighted by atomic mass is 16.5. The van der Waals surface area contributed by atoms with Crippen LogP contribution in [-0.4, -0.2) is 36.6 Å². The number of hydrogen-bond acceptors (Lipinski definition) is 5. The molecule has 0 aliphatic carbocycles. The smallest absolute Gasteiger partial charge is 0.344 e. The molecule has 0 aromatic heterocycles. The van der Waals surface area contributed by atoms with Crippen molar-refractivity contribution in [3.05, 3.63) is 59.7 Å². The molecule has 1 heterocycles. The second kappa shape index (κ2) is 8.44. The Kier molecular flexibility index (Phi) is 5.96. The van der Waals surface area contributed by atoms with Gasteiger partial charge in [-0.3, -0.25) is 15.0 Å². The zero-order chi connectivity index (χ0) is 21.9. The third-order valence-corrected chi connectivity index (χ3v) is 4.97. The fourth-order valence-electron chi connectivity index (χ4n) is 3.26. The first-order chi connectivity index (χ1) is 14.3. The summed E-state index contributed by atoms with van der Waals surface area (Å²) in [6, 6.07) is 13.5. The number of benzene rings is 2. The zero-order valence-corrected chi connectivity index (χ0v) is 17.4. The van der Waals surface area contributed by atoms with Gasteiger partial charge in [0.25, 0.3) is 11.8 Å². The van der Waals surface area contributed by atoms with Crippen LogP contribution in [0, 0.1) is 0 Å². The number of rotatable bonds is 7. The first kappa shape index (κ1) is 21.2. The molecule has 0 spiro atoms. The molecular weight excluding hydrogens is 386 g/mol. The number of ether oxygens (including phenoxy) is 2. The number of carbonyl (C=O) groups is 3. The van der Waals surface area contributed by atoms with Gasteiger partial charge in [-0.25, -0.2) is 4.79 Å². The highest BCUT2D eigenvalue weighted by Gasteiger charge is 2.50. The molecule has 0 unspecified atom stereocenters. The number of methoxy groups -OCH3 is 1. The maximum atomic E-state index is 12.9.